The summed E-state index contributed by atoms with van der Waals surface area (Å²) in [5.74, 6) is 0.660. The summed E-state index contributed by atoms with van der Waals surface area (Å²) in [7, 11) is 2.92. The molecule has 0 saturated heterocycles. The minimum atomic E-state index is -0.751. The van der Waals surface area contributed by atoms with E-state index in [1.165, 1.54) is 20.3 Å². The summed E-state index contributed by atoms with van der Waals surface area (Å²) in [4.78, 5) is 26.0. The van der Waals surface area contributed by atoms with Crippen LogP contribution in [0.25, 0.3) is 0 Å². The lowest BCUT2D eigenvalue weighted by Gasteiger charge is -2.27. The van der Waals surface area contributed by atoms with Gasteiger partial charge in [0.2, 0.25) is 6.08 Å². The molecule has 0 spiro atoms. The molecule has 5 nitrogen and oxygen atoms in total. The van der Waals surface area contributed by atoms with Gasteiger partial charge in [0.05, 0.1) is 24.8 Å². The Bertz CT molecular complexity index is 602. The van der Waals surface area contributed by atoms with E-state index in [1.54, 1.807) is 6.08 Å². The molecule has 0 aliphatic heterocycles. The van der Waals surface area contributed by atoms with Gasteiger partial charge in [-0.15, -0.1) is 0 Å². The van der Waals surface area contributed by atoms with Crippen molar-refractivity contribution in [3.63, 3.8) is 0 Å². The monoisotopic (exact) mass is 309 g/mol. The van der Waals surface area contributed by atoms with Gasteiger partial charge >= 0.3 is 0 Å². The maximum atomic E-state index is 11.2. The second kappa shape index (κ2) is 6.29. The van der Waals surface area contributed by atoms with Crippen molar-refractivity contribution in [2.75, 3.05) is 14.2 Å². The highest BCUT2D eigenvalue weighted by Gasteiger charge is 2.41. The number of ether oxygens (including phenoxy) is 2. The van der Waals surface area contributed by atoms with Crippen LogP contribution >= 0.6 is 11.6 Å². The summed E-state index contributed by atoms with van der Waals surface area (Å²) in [5.41, 5.74) is 0.139. The number of halogens is 1. The van der Waals surface area contributed by atoms with E-state index < -0.39 is 5.54 Å². The molecule has 21 heavy (non-hydrogen) atoms. The fourth-order valence-corrected chi connectivity index (χ4v) is 3.40. The Morgan fingerprint density at radius 1 is 1.29 bits per heavy atom. The van der Waals surface area contributed by atoms with Crippen LogP contribution in [0.5, 0.6) is 11.5 Å². The molecule has 0 amide bonds. The molecule has 1 aromatic carbocycles. The average Bonchev–Trinajstić information content (AvgIpc) is 2.95. The Morgan fingerprint density at radius 2 is 1.90 bits per heavy atom. The van der Waals surface area contributed by atoms with E-state index in [4.69, 9.17) is 21.1 Å². The topological polar surface area (TPSA) is 65.0 Å². The SMILES string of the molecule is COc1c(C=O)cc(Cl)c(C2(N=C=O)CCCC2)c1OC. The van der Waals surface area contributed by atoms with Crippen LogP contribution in [0.15, 0.2) is 11.1 Å². The van der Waals surface area contributed by atoms with Gasteiger partial charge in [0, 0.05) is 5.56 Å². The first-order valence-electron chi connectivity index (χ1n) is 6.62. The Labute approximate surface area is 127 Å². The van der Waals surface area contributed by atoms with Gasteiger partial charge in [0.25, 0.3) is 0 Å². The molecule has 0 unspecified atom stereocenters. The zero-order chi connectivity index (χ0) is 15.5. The van der Waals surface area contributed by atoms with E-state index >= 15 is 0 Å². The van der Waals surface area contributed by atoms with E-state index in [2.05, 4.69) is 4.99 Å². The van der Waals surface area contributed by atoms with Crippen molar-refractivity contribution in [3.8, 4) is 11.5 Å². The molecule has 1 aromatic rings. The van der Waals surface area contributed by atoms with Gasteiger partial charge in [0.15, 0.2) is 17.8 Å². The molecule has 0 bridgehead atoms. The maximum Gasteiger partial charge on any atom is 0.235 e. The first kappa shape index (κ1) is 15.5. The number of benzene rings is 1. The molecule has 0 N–H and O–H groups in total. The molecular formula is C15H16ClNO4. The van der Waals surface area contributed by atoms with Crippen LogP contribution in [-0.4, -0.2) is 26.6 Å². The van der Waals surface area contributed by atoms with Crippen molar-refractivity contribution in [1.82, 2.24) is 0 Å². The third kappa shape index (κ3) is 2.55. The molecule has 112 valence electrons. The Balaban J connectivity index is 2.78. The van der Waals surface area contributed by atoms with Crippen molar-refractivity contribution in [1.29, 1.82) is 0 Å². The molecule has 1 saturated carbocycles. The highest BCUT2D eigenvalue weighted by Crippen LogP contribution is 2.52. The number of aliphatic imine (C=N–C) groups is 1. The standard InChI is InChI=1S/C15H16ClNO4/c1-20-13-10(8-18)7-11(16)12(14(13)21-2)15(17-9-19)5-3-4-6-15/h7-8H,3-6H2,1-2H3. The van der Waals surface area contributed by atoms with Crippen molar-refractivity contribution in [2.45, 2.75) is 31.2 Å². The second-order valence-corrected chi connectivity index (χ2v) is 5.36. The summed E-state index contributed by atoms with van der Waals surface area (Å²) in [6, 6.07) is 1.52. The third-order valence-corrected chi connectivity index (χ3v) is 4.21. The van der Waals surface area contributed by atoms with Crippen LogP contribution in [0.1, 0.15) is 41.6 Å². The maximum absolute atomic E-state index is 11.2. The smallest absolute Gasteiger partial charge is 0.235 e. The number of carbonyl (C=O) groups is 1. The Morgan fingerprint density at radius 3 is 2.38 bits per heavy atom. The molecule has 0 aromatic heterocycles. The average molecular weight is 310 g/mol. The molecular weight excluding hydrogens is 294 g/mol. The second-order valence-electron chi connectivity index (χ2n) is 4.95. The lowest BCUT2D eigenvalue weighted by molar-refractivity contribution is 0.111. The summed E-state index contributed by atoms with van der Waals surface area (Å²) in [6.07, 6.45) is 5.53. The Kier molecular flexibility index (Phi) is 4.66. The first-order chi connectivity index (χ1) is 10.1. The van der Waals surface area contributed by atoms with Crippen molar-refractivity contribution >= 4 is 24.0 Å². The first-order valence-corrected chi connectivity index (χ1v) is 7.00. The number of hydrogen-bond donors (Lipinski definition) is 0. The lowest BCUT2D eigenvalue weighted by Crippen LogP contribution is -2.21. The van der Waals surface area contributed by atoms with Gasteiger partial charge in [0.1, 0.15) is 5.54 Å². The normalized spacial score (nSPS) is 16.1. The summed E-state index contributed by atoms with van der Waals surface area (Å²) in [5, 5.41) is 0.343. The van der Waals surface area contributed by atoms with Crippen molar-refractivity contribution < 1.29 is 19.1 Å². The molecule has 2 rings (SSSR count). The van der Waals surface area contributed by atoms with E-state index in [0.29, 0.717) is 46.8 Å². The Hall–Kier alpha value is -1.84. The van der Waals surface area contributed by atoms with Gasteiger partial charge in [-0.25, -0.2) is 4.79 Å². The third-order valence-electron chi connectivity index (χ3n) is 3.91. The fourth-order valence-electron chi connectivity index (χ4n) is 3.02. The van der Waals surface area contributed by atoms with Crippen LogP contribution < -0.4 is 9.47 Å². The van der Waals surface area contributed by atoms with Crippen LogP contribution in [0.4, 0.5) is 0 Å². The van der Waals surface area contributed by atoms with E-state index in [0.717, 1.165) is 12.8 Å². The number of hydrogen-bond acceptors (Lipinski definition) is 5. The van der Waals surface area contributed by atoms with Crippen LogP contribution in [0, 0.1) is 0 Å². The predicted molar refractivity (Wildman–Crippen MR) is 78.2 cm³/mol. The molecule has 0 heterocycles. The van der Waals surface area contributed by atoms with E-state index in [9.17, 15) is 9.59 Å². The van der Waals surface area contributed by atoms with Crippen LogP contribution in [0.2, 0.25) is 5.02 Å². The van der Waals surface area contributed by atoms with Gasteiger partial charge in [-0.05, 0) is 18.9 Å². The number of nitrogens with zero attached hydrogens (tertiary/aromatic N) is 1. The van der Waals surface area contributed by atoms with Crippen molar-refractivity contribution in [2.24, 2.45) is 4.99 Å². The van der Waals surface area contributed by atoms with Crippen molar-refractivity contribution in [3.05, 3.63) is 22.2 Å². The zero-order valence-corrected chi connectivity index (χ0v) is 12.7. The van der Waals surface area contributed by atoms with E-state index in [1.807, 2.05) is 0 Å². The molecule has 1 fully saturated rings. The van der Waals surface area contributed by atoms with Gasteiger partial charge in [-0.2, -0.15) is 4.99 Å². The minimum absolute atomic E-state index is 0.298. The molecule has 1 aliphatic carbocycles. The highest BCUT2D eigenvalue weighted by atomic mass is 35.5. The van der Waals surface area contributed by atoms with E-state index in [-0.39, 0.29) is 0 Å². The fraction of sp³-hybridized carbons (Fsp3) is 0.467. The number of isocyanates is 1. The summed E-state index contributed by atoms with van der Waals surface area (Å²) >= 11 is 6.34. The highest BCUT2D eigenvalue weighted by molar-refractivity contribution is 6.32. The van der Waals surface area contributed by atoms with Crippen LogP contribution in [0.3, 0.4) is 0 Å². The molecule has 0 radical (unpaired) electrons. The van der Waals surface area contributed by atoms with Gasteiger partial charge in [-0.1, -0.05) is 24.4 Å². The molecule has 6 heteroatoms. The van der Waals surface area contributed by atoms with Gasteiger partial charge < -0.3 is 9.47 Å². The van der Waals surface area contributed by atoms with Gasteiger partial charge in [-0.3, -0.25) is 4.79 Å². The number of aldehydes is 1. The summed E-state index contributed by atoms with van der Waals surface area (Å²) in [6.45, 7) is 0. The van der Waals surface area contributed by atoms with Crippen LogP contribution in [-0.2, 0) is 10.3 Å². The summed E-state index contributed by atoms with van der Waals surface area (Å²) < 4.78 is 10.7. The largest absolute Gasteiger partial charge is 0.492 e. The number of carbonyl (C=O) groups excluding carboxylic acids is 2. The zero-order valence-electron chi connectivity index (χ0n) is 11.9. The molecule has 1 aliphatic rings. The quantitative estimate of drug-likeness (QED) is 0.475. The predicted octanol–water partition coefficient (Wildman–Crippen LogP) is 3.27. The lowest BCUT2D eigenvalue weighted by atomic mass is 9.87. The number of methoxy groups -OCH3 is 2. The minimum Gasteiger partial charge on any atom is -0.492 e. The number of rotatable bonds is 5. The molecule has 0 atom stereocenters.